The lowest BCUT2D eigenvalue weighted by Crippen LogP contribution is -2.35. The van der Waals surface area contributed by atoms with Crippen LogP contribution >= 0.6 is 0 Å². The molecule has 7 heteroatoms. The molecule has 0 aromatic carbocycles. The van der Waals surface area contributed by atoms with E-state index in [1.165, 1.54) is 6.21 Å². The van der Waals surface area contributed by atoms with Gasteiger partial charge in [0.15, 0.2) is 0 Å². The number of fused-ring (bicyclic) bond motifs is 1. The molecule has 0 aromatic heterocycles. The normalized spacial score (nSPS) is 19.8. The summed E-state index contributed by atoms with van der Waals surface area (Å²) >= 11 is 0. The average molecular weight is 392 g/mol. The number of nitrogens with zero attached hydrogens (tertiary/aromatic N) is 1. The Hall–Kier alpha value is -3.35. The summed E-state index contributed by atoms with van der Waals surface area (Å²) < 4.78 is 0. The number of hydrogen-bond acceptors (Lipinski definition) is 6. The molecule has 3 aliphatic rings. The maximum atomic E-state index is 8.18. The van der Waals surface area contributed by atoms with E-state index >= 15 is 0 Å². The van der Waals surface area contributed by atoms with Crippen molar-refractivity contribution in [3.63, 3.8) is 0 Å². The van der Waals surface area contributed by atoms with Gasteiger partial charge in [-0.05, 0) is 54.6 Å². The van der Waals surface area contributed by atoms with E-state index in [9.17, 15) is 0 Å². The molecule has 2 aliphatic heterocycles. The SMILES string of the molecule is CN=CC(C1=CNC2=CC=C(NC(=N)C=C(C=N)C(C)C)NC2=C1)=C(N)C1CC1. The summed E-state index contributed by atoms with van der Waals surface area (Å²) in [5.41, 5.74) is 11.8. The van der Waals surface area contributed by atoms with Crippen LogP contribution in [0.5, 0.6) is 0 Å². The standard InChI is InChI=1S/C22H29N7/c1-13(2)15(10-23)9-20(24)29-21-7-6-18-19(28-21)8-16(11-27-18)17(12-26-3)22(25)14-4-5-14/h6-14,23,27-28H,4-5,25H2,1-3H3,(H2,24,29). The van der Waals surface area contributed by atoms with Gasteiger partial charge in [-0.1, -0.05) is 13.8 Å². The second kappa shape index (κ2) is 8.77. The predicted octanol–water partition coefficient (Wildman–Crippen LogP) is 2.81. The van der Waals surface area contributed by atoms with Gasteiger partial charge in [-0.3, -0.25) is 10.4 Å². The summed E-state index contributed by atoms with van der Waals surface area (Å²) in [6, 6.07) is 0. The first kappa shape index (κ1) is 20.4. The van der Waals surface area contributed by atoms with Crippen LogP contribution in [0.1, 0.15) is 26.7 Å². The van der Waals surface area contributed by atoms with Crippen LogP contribution in [-0.4, -0.2) is 25.3 Å². The lowest BCUT2D eigenvalue weighted by Gasteiger charge is -2.25. The molecule has 1 aliphatic carbocycles. The fourth-order valence-corrected chi connectivity index (χ4v) is 3.11. The molecule has 1 saturated carbocycles. The molecule has 152 valence electrons. The Balaban J connectivity index is 1.77. The van der Waals surface area contributed by atoms with E-state index in [4.69, 9.17) is 16.6 Å². The van der Waals surface area contributed by atoms with Crippen molar-refractivity contribution in [2.24, 2.45) is 22.6 Å². The van der Waals surface area contributed by atoms with Gasteiger partial charge < -0.3 is 27.1 Å². The molecule has 0 aromatic rings. The molecular weight excluding hydrogens is 362 g/mol. The molecule has 2 heterocycles. The van der Waals surface area contributed by atoms with E-state index in [2.05, 4.69) is 20.9 Å². The number of aliphatic imine (C=N–C) groups is 1. The highest BCUT2D eigenvalue weighted by molar-refractivity contribution is 5.97. The summed E-state index contributed by atoms with van der Waals surface area (Å²) in [4.78, 5) is 4.18. The monoisotopic (exact) mass is 391 g/mol. The molecule has 7 nitrogen and oxygen atoms in total. The van der Waals surface area contributed by atoms with Gasteiger partial charge in [0.05, 0.1) is 11.4 Å². The number of nitrogens with one attached hydrogen (secondary N) is 5. The summed E-state index contributed by atoms with van der Waals surface area (Å²) in [6.07, 6.45) is 14.9. The van der Waals surface area contributed by atoms with E-state index in [1.807, 2.05) is 44.5 Å². The highest BCUT2D eigenvalue weighted by Gasteiger charge is 2.27. The quantitative estimate of drug-likeness (QED) is 0.295. The first-order valence-electron chi connectivity index (χ1n) is 9.80. The fourth-order valence-electron chi connectivity index (χ4n) is 3.11. The Morgan fingerprint density at radius 1 is 1.31 bits per heavy atom. The van der Waals surface area contributed by atoms with Crippen LogP contribution < -0.4 is 21.7 Å². The van der Waals surface area contributed by atoms with Gasteiger partial charge in [0.1, 0.15) is 11.7 Å². The van der Waals surface area contributed by atoms with Crippen LogP contribution in [0.25, 0.3) is 0 Å². The van der Waals surface area contributed by atoms with Crippen molar-refractivity contribution >= 4 is 18.3 Å². The highest BCUT2D eigenvalue weighted by Crippen LogP contribution is 2.37. The first-order valence-corrected chi connectivity index (χ1v) is 9.80. The zero-order valence-corrected chi connectivity index (χ0v) is 17.1. The first-order chi connectivity index (χ1) is 13.9. The Kier molecular flexibility index (Phi) is 6.16. The molecule has 0 atom stereocenters. The van der Waals surface area contributed by atoms with Gasteiger partial charge in [0.2, 0.25) is 0 Å². The number of rotatable bonds is 7. The van der Waals surface area contributed by atoms with Crippen molar-refractivity contribution in [3.8, 4) is 0 Å². The van der Waals surface area contributed by atoms with Crippen molar-refractivity contribution < 1.29 is 0 Å². The third-order valence-electron chi connectivity index (χ3n) is 4.97. The minimum Gasteiger partial charge on any atom is -0.401 e. The molecule has 0 amide bonds. The number of hydrogen-bond donors (Lipinski definition) is 6. The van der Waals surface area contributed by atoms with Crippen LogP contribution in [0.2, 0.25) is 0 Å². The highest BCUT2D eigenvalue weighted by atomic mass is 15.1. The van der Waals surface area contributed by atoms with Gasteiger partial charge >= 0.3 is 0 Å². The number of dihydropyridines is 2. The lowest BCUT2D eigenvalue weighted by atomic mass is 9.99. The molecule has 0 bridgehead atoms. The van der Waals surface area contributed by atoms with Gasteiger partial charge in [-0.15, -0.1) is 0 Å². The summed E-state index contributed by atoms with van der Waals surface area (Å²) in [6.45, 7) is 4.00. The molecule has 0 unspecified atom stereocenters. The van der Waals surface area contributed by atoms with Crippen molar-refractivity contribution in [2.45, 2.75) is 26.7 Å². The second-order valence-corrected chi connectivity index (χ2v) is 7.60. The molecule has 7 N–H and O–H groups in total. The number of amidine groups is 1. The van der Waals surface area contributed by atoms with Crippen molar-refractivity contribution in [1.29, 1.82) is 10.8 Å². The third kappa shape index (κ3) is 4.93. The molecule has 0 saturated heterocycles. The summed E-state index contributed by atoms with van der Waals surface area (Å²) in [5, 5.41) is 25.3. The van der Waals surface area contributed by atoms with Gasteiger partial charge in [0, 0.05) is 42.5 Å². The minimum absolute atomic E-state index is 0.190. The third-order valence-corrected chi connectivity index (χ3v) is 4.97. The van der Waals surface area contributed by atoms with E-state index in [0.29, 0.717) is 11.7 Å². The Bertz CT molecular complexity index is 919. The summed E-state index contributed by atoms with van der Waals surface area (Å²) in [5.74, 6) is 1.56. The minimum atomic E-state index is 0.190. The van der Waals surface area contributed by atoms with E-state index in [-0.39, 0.29) is 11.8 Å². The molecule has 29 heavy (non-hydrogen) atoms. The maximum Gasteiger partial charge on any atom is 0.123 e. The lowest BCUT2D eigenvalue weighted by molar-refractivity contribution is 0.804. The van der Waals surface area contributed by atoms with Gasteiger partial charge in [-0.2, -0.15) is 0 Å². The van der Waals surface area contributed by atoms with Gasteiger partial charge in [0.25, 0.3) is 0 Å². The van der Waals surface area contributed by atoms with Crippen molar-refractivity contribution in [1.82, 2.24) is 16.0 Å². The molecule has 0 spiro atoms. The predicted molar refractivity (Wildman–Crippen MR) is 120 cm³/mol. The second-order valence-electron chi connectivity index (χ2n) is 7.60. The average Bonchev–Trinajstić information content (AvgIpc) is 3.54. The van der Waals surface area contributed by atoms with Crippen LogP contribution in [-0.2, 0) is 0 Å². The molecule has 0 radical (unpaired) electrons. The Morgan fingerprint density at radius 2 is 2.07 bits per heavy atom. The zero-order chi connectivity index (χ0) is 21.0. The van der Waals surface area contributed by atoms with Crippen molar-refractivity contribution in [3.05, 3.63) is 70.1 Å². The van der Waals surface area contributed by atoms with Crippen LogP contribution in [0.4, 0.5) is 0 Å². The fraction of sp³-hybridized carbons (Fsp3) is 0.318. The van der Waals surface area contributed by atoms with Crippen LogP contribution in [0.15, 0.2) is 75.1 Å². The number of nitrogens with two attached hydrogens (primary N) is 1. The molecular formula is C22H29N7. The van der Waals surface area contributed by atoms with Gasteiger partial charge in [-0.25, -0.2) is 0 Å². The summed E-state index contributed by atoms with van der Waals surface area (Å²) in [7, 11) is 1.75. The van der Waals surface area contributed by atoms with E-state index in [0.717, 1.165) is 46.7 Å². The smallest absolute Gasteiger partial charge is 0.123 e. The molecule has 3 rings (SSSR count). The van der Waals surface area contributed by atoms with E-state index < -0.39 is 0 Å². The Morgan fingerprint density at radius 3 is 2.69 bits per heavy atom. The zero-order valence-electron chi connectivity index (χ0n) is 17.1. The Labute approximate surface area is 172 Å². The topological polar surface area (TPSA) is 122 Å². The largest absolute Gasteiger partial charge is 0.401 e. The van der Waals surface area contributed by atoms with E-state index in [1.54, 1.807) is 13.1 Å². The van der Waals surface area contributed by atoms with Crippen molar-refractivity contribution in [2.75, 3.05) is 7.05 Å². The number of allylic oxidation sites excluding steroid dienone is 7. The van der Waals surface area contributed by atoms with Crippen LogP contribution in [0.3, 0.4) is 0 Å². The maximum absolute atomic E-state index is 8.18. The van der Waals surface area contributed by atoms with Crippen LogP contribution in [0, 0.1) is 22.7 Å². The molecule has 1 fully saturated rings.